The third-order valence-electron chi connectivity index (χ3n) is 5.92. The summed E-state index contributed by atoms with van der Waals surface area (Å²) in [5.74, 6) is 0.154. The van der Waals surface area contributed by atoms with Crippen LogP contribution in [0.3, 0.4) is 0 Å². The van der Waals surface area contributed by atoms with Crippen LogP contribution in [-0.4, -0.2) is 73.8 Å². The van der Waals surface area contributed by atoms with Gasteiger partial charge >= 0.3 is 0 Å². The molecule has 1 N–H and O–H groups in total. The predicted molar refractivity (Wildman–Crippen MR) is 107 cm³/mol. The van der Waals surface area contributed by atoms with Crippen molar-refractivity contribution in [1.29, 1.82) is 0 Å². The van der Waals surface area contributed by atoms with E-state index in [1.807, 2.05) is 4.90 Å². The molecule has 0 saturated carbocycles. The Bertz CT molecular complexity index is 852. The van der Waals surface area contributed by atoms with Crippen molar-refractivity contribution in [3.8, 4) is 0 Å². The first-order valence-corrected chi connectivity index (χ1v) is 11.6. The smallest absolute Gasteiger partial charge is 0.278 e. The summed E-state index contributed by atoms with van der Waals surface area (Å²) >= 11 is 0. The number of nitro benzene ring substituents is 1. The van der Waals surface area contributed by atoms with Gasteiger partial charge in [-0.05, 0) is 31.7 Å². The van der Waals surface area contributed by atoms with E-state index in [4.69, 9.17) is 0 Å². The summed E-state index contributed by atoms with van der Waals surface area (Å²) in [7, 11) is -3.78. The number of nitrogens with one attached hydrogen (secondary N) is 1. The van der Waals surface area contributed by atoms with Crippen LogP contribution in [0.25, 0.3) is 0 Å². The number of hydrogen-bond acceptors (Lipinski definition) is 5. The van der Waals surface area contributed by atoms with E-state index in [0.717, 1.165) is 36.8 Å². The van der Waals surface area contributed by atoms with Crippen molar-refractivity contribution >= 4 is 21.6 Å². The van der Waals surface area contributed by atoms with E-state index in [0.29, 0.717) is 38.8 Å². The molecule has 0 aromatic heterocycles. The van der Waals surface area contributed by atoms with Crippen LogP contribution in [0.1, 0.15) is 32.6 Å². The van der Waals surface area contributed by atoms with Crippen LogP contribution >= 0.6 is 0 Å². The number of hydrogen-bond donors (Lipinski definition) is 1. The average Bonchev–Trinajstić information content (AvgIpc) is 2.74. The molecule has 0 radical (unpaired) electrons. The number of carbonyl (C=O) groups excluding carboxylic acids is 1. The van der Waals surface area contributed by atoms with Crippen molar-refractivity contribution in [2.45, 2.75) is 43.5 Å². The molecular formula is C19H29N4O5S+. The van der Waals surface area contributed by atoms with E-state index in [2.05, 4.69) is 6.92 Å². The predicted octanol–water partition coefficient (Wildman–Crippen LogP) is 0.275. The lowest BCUT2D eigenvalue weighted by Crippen LogP contribution is -3.15. The summed E-state index contributed by atoms with van der Waals surface area (Å²) < 4.78 is 27.0. The second-order valence-electron chi connectivity index (χ2n) is 7.73. The maximum absolute atomic E-state index is 12.8. The number of benzene rings is 1. The van der Waals surface area contributed by atoms with Gasteiger partial charge in [0.25, 0.3) is 11.6 Å². The zero-order valence-corrected chi connectivity index (χ0v) is 17.6. The Morgan fingerprint density at radius 3 is 2.62 bits per heavy atom. The molecule has 9 nitrogen and oxygen atoms in total. The highest BCUT2D eigenvalue weighted by molar-refractivity contribution is 7.89. The number of nitrogens with zero attached hydrogens (tertiary/aromatic N) is 3. The molecular weight excluding hydrogens is 396 g/mol. The number of likely N-dealkylation sites (tertiary alicyclic amines) is 1. The first-order chi connectivity index (χ1) is 13.8. The maximum Gasteiger partial charge on any atom is 0.278 e. The summed E-state index contributed by atoms with van der Waals surface area (Å²) in [6, 6.07) is 5.46. The number of nitro groups is 1. The molecule has 2 heterocycles. The molecule has 0 spiro atoms. The van der Waals surface area contributed by atoms with Crippen molar-refractivity contribution in [1.82, 2.24) is 9.21 Å². The molecule has 1 amide bonds. The van der Waals surface area contributed by atoms with Gasteiger partial charge in [0, 0.05) is 24.7 Å². The maximum atomic E-state index is 12.8. The normalized spacial score (nSPS) is 21.8. The van der Waals surface area contributed by atoms with Crippen LogP contribution in [0.4, 0.5) is 5.69 Å². The van der Waals surface area contributed by atoms with Crippen LogP contribution in [0.2, 0.25) is 0 Å². The van der Waals surface area contributed by atoms with E-state index in [1.54, 1.807) is 0 Å². The standard InChI is InChI=1S/C19H28N4O5S/c1-2-16-6-3-4-9-22(16)19(24)15-20-10-12-21(13-11-20)29(27,28)18-8-5-7-17(14-18)23(25)26/h5,7-8,14,16H,2-4,6,9-13,15H2,1H3/p+1/t16-/m0/s1. The lowest BCUT2D eigenvalue weighted by Gasteiger charge is -2.37. The number of rotatable bonds is 6. The van der Waals surface area contributed by atoms with Crippen LogP contribution in [0.15, 0.2) is 29.2 Å². The second kappa shape index (κ2) is 9.19. The summed E-state index contributed by atoms with van der Waals surface area (Å²) in [6.45, 7) is 5.00. The third kappa shape index (κ3) is 4.93. The molecule has 2 saturated heterocycles. The summed E-state index contributed by atoms with van der Waals surface area (Å²) in [5.41, 5.74) is -0.243. The number of quaternary nitrogens is 1. The molecule has 29 heavy (non-hydrogen) atoms. The number of piperazine rings is 1. The number of non-ortho nitro benzene ring substituents is 1. The lowest BCUT2D eigenvalue weighted by molar-refractivity contribution is -0.896. The molecule has 0 unspecified atom stereocenters. The molecule has 1 aromatic rings. The molecule has 0 bridgehead atoms. The quantitative estimate of drug-likeness (QED) is 0.520. The fraction of sp³-hybridized carbons (Fsp3) is 0.632. The Balaban J connectivity index is 1.59. The van der Waals surface area contributed by atoms with Crippen LogP contribution in [0, 0.1) is 10.1 Å². The Hall–Kier alpha value is -2.04. The molecule has 1 atom stereocenters. The van der Waals surface area contributed by atoms with Crippen molar-refractivity contribution < 1.29 is 23.0 Å². The molecule has 10 heteroatoms. The number of carbonyl (C=O) groups is 1. The van der Waals surface area contributed by atoms with Gasteiger partial charge in [0.05, 0.1) is 36.0 Å². The molecule has 3 rings (SSSR count). The van der Waals surface area contributed by atoms with E-state index in [-0.39, 0.29) is 16.5 Å². The fourth-order valence-electron chi connectivity index (χ4n) is 4.19. The largest absolute Gasteiger partial charge is 0.335 e. The van der Waals surface area contributed by atoms with Crippen molar-refractivity contribution in [2.75, 3.05) is 39.3 Å². The third-order valence-corrected chi connectivity index (χ3v) is 7.81. The van der Waals surface area contributed by atoms with E-state index >= 15 is 0 Å². The monoisotopic (exact) mass is 425 g/mol. The Kier molecular flexibility index (Phi) is 6.86. The second-order valence-corrected chi connectivity index (χ2v) is 9.67. The van der Waals surface area contributed by atoms with Gasteiger partial charge in [-0.3, -0.25) is 14.9 Å². The fourth-order valence-corrected chi connectivity index (χ4v) is 5.68. The lowest BCUT2D eigenvalue weighted by atomic mass is 10.00. The molecule has 2 aliphatic rings. The van der Waals surface area contributed by atoms with Gasteiger partial charge in [-0.25, -0.2) is 8.42 Å². The molecule has 2 fully saturated rings. The summed E-state index contributed by atoms with van der Waals surface area (Å²) in [6.07, 6.45) is 4.25. The van der Waals surface area contributed by atoms with Crippen LogP contribution < -0.4 is 4.90 Å². The number of piperidine rings is 1. The van der Waals surface area contributed by atoms with Crippen molar-refractivity contribution in [2.24, 2.45) is 0 Å². The minimum absolute atomic E-state index is 0.0645. The summed E-state index contributed by atoms with van der Waals surface area (Å²) in [4.78, 5) is 26.1. The van der Waals surface area contributed by atoms with E-state index < -0.39 is 14.9 Å². The highest BCUT2D eigenvalue weighted by atomic mass is 32.2. The van der Waals surface area contributed by atoms with Gasteiger partial charge in [0.2, 0.25) is 10.0 Å². The molecule has 0 aliphatic carbocycles. The minimum atomic E-state index is -3.78. The average molecular weight is 426 g/mol. The van der Waals surface area contributed by atoms with Crippen molar-refractivity contribution in [3.05, 3.63) is 34.4 Å². The minimum Gasteiger partial charge on any atom is -0.335 e. The number of sulfonamides is 1. The van der Waals surface area contributed by atoms with Gasteiger partial charge in [-0.1, -0.05) is 13.0 Å². The van der Waals surface area contributed by atoms with Gasteiger partial charge in [0.1, 0.15) is 0 Å². The molecule has 2 aliphatic heterocycles. The summed E-state index contributed by atoms with van der Waals surface area (Å²) in [5, 5.41) is 10.9. The topological polar surface area (TPSA) is 105 Å². The first-order valence-electron chi connectivity index (χ1n) is 10.2. The zero-order valence-electron chi connectivity index (χ0n) is 16.7. The van der Waals surface area contributed by atoms with Gasteiger partial charge in [0.15, 0.2) is 6.54 Å². The molecule has 1 aromatic carbocycles. The Labute approximate surface area is 171 Å². The van der Waals surface area contributed by atoms with Crippen LogP contribution in [0.5, 0.6) is 0 Å². The van der Waals surface area contributed by atoms with E-state index in [9.17, 15) is 23.3 Å². The van der Waals surface area contributed by atoms with Gasteiger partial charge < -0.3 is 9.80 Å². The van der Waals surface area contributed by atoms with Gasteiger partial charge in [-0.15, -0.1) is 0 Å². The first kappa shape index (κ1) is 21.7. The van der Waals surface area contributed by atoms with Crippen LogP contribution in [-0.2, 0) is 14.8 Å². The highest BCUT2D eigenvalue weighted by Gasteiger charge is 2.33. The number of amides is 1. The van der Waals surface area contributed by atoms with E-state index in [1.165, 1.54) is 28.9 Å². The van der Waals surface area contributed by atoms with Crippen molar-refractivity contribution in [3.63, 3.8) is 0 Å². The highest BCUT2D eigenvalue weighted by Crippen LogP contribution is 2.21. The van der Waals surface area contributed by atoms with Gasteiger partial charge in [-0.2, -0.15) is 4.31 Å². The SMILES string of the molecule is CC[C@H]1CCCCN1C(=O)C[NH+]1CCN(S(=O)(=O)c2cccc([N+](=O)[O-])c2)CC1. The Morgan fingerprint density at radius 1 is 1.24 bits per heavy atom. The molecule has 160 valence electrons. The zero-order chi connectivity index (χ0) is 21.0. The Morgan fingerprint density at radius 2 is 1.97 bits per heavy atom.